The van der Waals surface area contributed by atoms with E-state index in [0.717, 1.165) is 22.3 Å². The lowest BCUT2D eigenvalue weighted by Crippen LogP contribution is -2.46. The minimum Gasteiger partial charge on any atom is -0.449 e. The van der Waals surface area contributed by atoms with Gasteiger partial charge in [-0.15, -0.1) is 0 Å². The number of ketones is 1. The number of alkyl carbamates (subject to hydrolysis) is 1. The summed E-state index contributed by atoms with van der Waals surface area (Å²) in [5, 5.41) is 2.68. The van der Waals surface area contributed by atoms with Gasteiger partial charge in [0.05, 0.1) is 0 Å². The maximum absolute atomic E-state index is 13.0. The summed E-state index contributed by atoms with van der Waals surface area (Å²) in [7, 11) is 0. The number of carbonyl (C=O) groups is 3. The highest BCUT2D eigenvalue weighted by molar-refractivity contribution is 6.04. The predicted molar refractivity (Wildman–Crippen MR) is 142 cm³/mol. The lowest BCUT2D eigenvalue weighted by Gasteiger charge is -2.23. The van der Waals surface area contributed by atoms with Gasteiger partial charge in [-0.1, -0.05) is 99.1 Å². The summed E-state index contributed by atoms with van der Waals surface area (Å²) in [5.41, 5.74) is 4.99. The summed E-state index contributed by atoms with van der Waals surface area (Å²) in [4.78, 5) is 38.2. The quantitative estimate of drug-likeness (QED) is 0.163. The standard InChI is InChI=1S/C31H31NO5/c1-4-20(2)29(30(34)37-21(3)18-28(33)22-12-6-5-7-13-22)32-31(35)36-19-27-25-16-10-8-14-23(25)24-15-9-11-17-26(24)27/h5-18,20,27,29H,4,19H2,1-3H3,(H,32,35)/b21-18+/t20-,29-/m0/s1. The number of carbonyl (C=O) groups excluding carboxylic acids is 3. The summed E-state index contributed by atoms with van der Waals surface area (Å²) >= 11 is 0. The topological polar surface area (TPSA) is 81.7 Å². The van der Waals surface area contributed by atoms with Crippen molar-refractivity contribution < 1.29 is 23.9 Å². The van der Waals surface area contributed by atoms with Crippen LogP contribution in [0.2, 0.25) is 0 Å². The third-order valence-electron chi connectivity index (χ3n) is 6.74. The molecule has 37 heavy (non-hydrogen) atoms. The average molecular weight is 498 g/mol. The average Bonchev–Trinajstić information content (AvgIpc) is 3.24. The molecular weight excluding hydrogens is 466 g/mol. The second-order valence-electron chi connectivity index (χ2n) is 9.24. The van der Waals surface area contributed by atoms with Crippen LogP contribution in [0.4, 0.5) is 4.79 Å². The van der Waals surface area contributed by atoms with E-state index in [1.807, 2.05) is 56.3 Å². The van der Waals surface area contributed by atoms with E-state index >= 15 is 0 Å². The number of amides is 1. The second-order valence-corrected chi connectivity index (χ2v) is 9.24. The van der Waals surface area contributed by atoms with Crippen LogP contribution in [-0.2, 0) is 14.3 Å². The molecule has 1 aliphatic rings. The molecule has 1 aliphatic carbocycles. The Balaban J connectivity index is 1.40. The molecule has 0 aliphatic heterocycles. The number of benzene rings is 3. The Morgan fingerprint density at radius 1 is 0.892 bits per heavy atom. The molecule has 6 nitrogen and oxygen atoms in total. The highest BCUT2D eigenvalue weighted by Gasteiger charge is 2.31. The molecule has 3 aromatic rings. The van der Waals surface area contributed by atoms with Crippen LogP contribution >= 0.6 is 0 Å². The van der Waals surface area contributed by atoms with Crippen molar-refractivity contribution >= 4 is 17.8 Å². The van der Waals surface area contributed by atoms with Crippen molar-refractivity contribution in [3.8, 4) is 11.1 Å². The van der Waals surface area contributed by atoms with Gasteiger partial charge in [0, 0.05) is 17.6 Å². The lowest BCUT2D eigenvalue weighted by atomic mass is 9.98. The third kappa shape index (κ3) is 5.97. The SMILES string of the molecule is CC[C@H](C)[C@H](NC(=O)OCC1c2ccccc2-c2ccccc21)C(=O)O/C(C)=C/C(=O)c1ccccc1. The number of hydrogen-bond acceptors (Lipinski definition) is 5. The van der Waals surface area contributed by atoms with Crippen molar-refractivity contribution in [2.45, 2.75) is 39.2 Å². The van der Waals surface area contributed by atoms with Gasteiger partial charge in [0.1, 0.15) is 18.4 Å². The molecule has 0 radical (unpaired) electrons. The molecule has 2 atom stereocenters. The van der Waals surface area contributed by atoms with Crippen LogP contribution in [0, 0.1) is 5.92 Å². The highest BCUT2D eigenvalue weighted by Crippen LogP contribution is 2.44. The Labute approximate surface area is 217 Å². The van der Waals surface area contributed by atoms with E-state index in [4.69, 9.17) is 9.47 Å². The fourth-order valence-electron chi connectivity index (χ4n) is 4.56. The summed E-state index contributed by atoms with van der Waals surface area (Å²) in [5.74, 6) is -1.04. The minimum absolute atomic E-state index is 0.0821. The van der Waals surface area contributed by atoms with E-state index in [2.05, 4.69) is 17.4 Å². The molecule has 0 bridgehead atoms. The van der Waals surface area contributed by atoms with E-state index in [1.54, 1.807) is 31.2 Å². The number of fused-ring (bicyclic) bond motifs is 3. The number of nitrogens with one attached hydrogen (secondary N) is 1. The Morgan fingerprint density at radius 2 is 1.46 bits per heavy atom. The summed E-state index contributed by atoms with van der Waals surface area (Å²) in [6.45, 7) is 5.46. The number of ether oxygens (including phenoxy) is 2. The number of hydrogen-bond donors (Lipinski definition) is 1. The van der Waals surface area contributed by atoms with Crippen LogP contribution in [0.5, 0.6) is 0 Å². The zero-order valence-corrected chi connectivity index (χ0v) is 21.3. The molecule has 0 saturated carbocycles. The molecule has 0 unspecified atom stereocenters. The van der Waals surface area contributed by atoms with Crippen molar-refractivity contribution in [3.63, 3.8) is 0 Å². The van der Waals surface area contributed by atoms with Gasteiger partial charge in [-0.2, -0.15) is 0 Å². The van der Waals surface area contributed by atoms with Gasteiger partial charge in [-0.05, 0) is 35.1 Å². The smallest absolute Gasteiger partial charge is 0.407 e. The summed E-state index contributed by atoms with van der Waals surface area (Å²) in [6.07, 6.45) is 1.22. The van der Waals surface area contributed by atoms with E-state index in [9.17, 15) is 14.4 Å². The molecular formula is C31H31NO5. The van der Waals surface area contributed by atoms with Crippen molar-refractivity contribution in [1.82, 2.24) is 5.32 Å². The first kappa shape index (κ1) is 25.9. The molecule has 190 valence electrons. The van der Waals surface area contributed by atoms with Gasteiger partial charge in [0.15, 0.2) is 5.78 Å². The Bertz CT molecular complexity index is 1270. The van der Waals surface area contributed by atoms with Crippen molar-refractivity contribution in [2.75, 3.05) is 6.61 Å². The fraction of sp³-hybridized carbons (Fsp3) is 0.258. The van der Waals surface area contributed by atoms with Crippen LogP contribution in [0.25, 0.3) is 11.1 Å². The van der Waals surface area contributed by atoms with Crippen molar-refractivity contribution in [1.29, 1.82) is 0 Å². The molecule has 0 aromatic heterocycles. The summed E-state index contributed by atoms with van der Waals surface area (Å²) in [6, 6.07) is 24.0. The zero-order valence-electron chi connectivity index (χ0n) is 21.3. The molecule has 0 heterocycles. The van der Waals surface area contributed by atoms with Crippen LogP contribution in [0.15, 0.2) is 90.7 Å². The van der Waals surface area contributed by atoms with Crippen LogP contribution in [0.1, 0.15) is 54.6 Å². The van der Waals surface area contributed by atoms with Crippen LogP contribution < -0.4 is 5.32 Å². The largest absolute Gasteiger partial charge is 0.449 e. The molecule has 0 saturated heterocycles. The van der Waals surface area contributed by atoms with E-state index in [0.29, 0.717) is 12.0 Å². The number of esters is 1. The van der Waals surface area contributed by atoms with Gasteiger partial charge in [0.25, 0.3) is 0 Å². The monoisotopic (exact) mass is 497 g/mol. The summed E-state index contributed by atoms with van der Waals surface area (Å²) < 4.78 is 11.0. The molecule has 4 rings (SSSR count). The van der Waals surface area contributed by atoms with Gasteiger partial charge in [-0.25, -0.2) is 9.59 Å². The highest BCUT2D eigenvalue weighted by atomic mass is 16.6. The predicted octanol–water partition coefficient (Wildman–Crippen LogP) is 6.27. The Morgan fingerprint density at radius 3 is 2.05 bits per heavy atom. The molecule has 0 fully saturated rings. The van der Waals surface area contributed by atoms with Gasteiger partial charge < -0.3 is 14.8 Å². The number of rotatable bonds is 9. The van der Waals surface area contributed by atoms with Gasteiger partial charge in [-0.3, -0.25) is 4.79 Å². The van der Waals surface area contributed by atoms with E-state index in [-0.39, 0.29) is 30.0 Å². The maximum Gasteiger partial charge on any atom is 0.407 e. The first-order valence-electron chi connectivity index (χ1n) is 12.5. The molecule has 3 aromatic carbocycles. The van der Waals surface area contributed by atoms with Gasteiger partial charge in [0.2, 0.25) is 0 Å². The van der Waals surface area contributed by atoms with Gasteiger partial charge >= 0.3 is 12.1 Å². The Hall–Kier alpha value is -4.19. The van der Waals surface area contributed by atoms with Crippen LogP contribution in [0.3, 0.4) is 0 Å². The number of allylic oxidation sites excluding steroid dienone is 2. The first-order chi connectivity index (χ1) is 17.9. The molecule has 6 heteroatoms. The maximum atomic E-state index is 13.0. The zero-order chi connectivity index (χ0) is 26.4. The van der Waals surface area contributed by atoms with Crippen molar-refractivity contribution in [2.24, 2.45) is 5.92 Å². The molecule has 1 amide bonds. The van der Waals surface area contributed by atoms with Crippen LogP contribution in [-0.4, -0.2) is 30.5 Å². The van der Waals surface area contributed by atoms with Crippen molar-refractivity contribution in [3.05, 3.63) is 107 Å². The molecule has 1 N–H and O–H groups in total. The second kappa shape index (κ2) is 11.7. The van der Waals surface area contributed by atoms with E-state index < -0.39 is 18.1 Å². The Kier molecular flexibility index (Phi) is 8.18. The van der Waals surface area contributed by atoms with E-state index in [1.165, 1.54) is 6.08 Å². The normalized spacial score (nSPS) is 14.2. The minimum atomic E-state index is -0.921. The third-order valence-corrected chi connectivity index (χ3v) is 6.74. The molecule has 0 spiro atoms. The first-order valence-corrected chi connectivity index (χ1v) is 12.5. The lowest BCUT2D eigenvalue weighted by molar-refractivity contribution is -0.143. The fourth-order valence-corrected chi connectivity index (χ4v) is 4.56.